The van der Waals surface area contributed by atoms with Crippen LogP contribution in [0.2, 0.25) is 0 Å². The number of Topliss-reactive ketones (excluding diaryl/α,β-unsaturated/α-hetero) is 1. The molecule has 1 aromatic carbocycles. The van der Waals surface area contributed by atoms with Gasteiger partial charge in [0.25, 0.3) is 0 Å². The molecular formula is C16H15NO3. The second-order valence-electron chi connectivity index (χ2n) is 4.72. The fraction of sp³-hybridized carbons (Fsp3) is 0.250. The third-order valence-corrected chi connectivity index (χ3v) is 2.94. The van der Waals surface area contributed by atoms with Gasteiger partial charge in [-0.2, -0.15) is 5.26 Å². The van der Waals surface area contributed by atoms with Gasteiger partial charge in [0.2, 0.25) is 0 Å². The summed E-state index contributed by atoms with van der Waals surface area (Å²) in [6.07, 6.45) is 1.47. The van der Waals surface area contributed by atoms with E-state index in [1.807, 2.05) is 18.2 Å². The number of ether oxygens (including phenoxy) is 1. The Bertz CT molecular complexity index is 717. The lowest BCUT2D eigenvalue weighted by atomic mass is 10.0. The molecule has 0 N–H and O–H groups in total. The van der Waals surface area contributed by atoms with E-state index in [0.29, 0.717) is 17.1 Å². The van der Waals surface area contributed by atoms with Gasteiger partial charge in [0.1, 0.15) is 11.8 Å². The number of rotatable bonds is 4. The predicted octanol–water partition coefficient (Wildman–Crippen LogP) is 3.57. The highest BCUT2D eigenvalue weighted by Crippen LogP contribution is 2.29. The van der Waals surface area contributed by atoms with Gasteiger partial charge in [0.15, 0.2) is 17.1 Å². The summed E-state index contributed by atoms with van der Waals surface area (Å²) >= 11 is 0. The van der Waals surface area contributed by atoms with Crippen molar-refractivity contribution in [1.82, 2.24) is 0 Å². The zero-order chi connectivity index (χ0) is 14.7. The number of carbonyl (C=O) groups excluding carboxylic acids is 1. The van der Waals surface area contributed by atoms with Crippen molar-refractivity contribution < 1.29 is 13.9 Å². The average Bonchev–Trinajstić information content (AvgIpc) is 2.86. The summed E-state index contributed by atoms with van der Waals surface area (Å²) < 4.78 is 10.9. The molecule has 0 spiro atoms. The molecular weight excluding hydrogens is 254 g/mol. The summed E-state index contributed by atoms with van der Waals surface area (Å²) in [6.45, 7) is 3.52. The van der Waals surface area contributed by atoms with Gasteiger partial charge >= 0.3 is 0 Å². The number of benzene rings is 1. The van der Waals surface area contributed by atoms with Crippen molar-refractivity contribution >= 4 is 22.8 Å². The molecule has 1 heterocycles. The maximum absolute atomic E-state index is 11.9. The summed E-state index contributed by atoms with van der Waals surface area (Å²) in [4.78, 5) is 11.9. The smallest absolute Gasteiger partial charge is 0.176 e. The van der Waals surface area contributed by atoms with E-state index in [4.69, 9.17) is 14.4 Å². The highest BCUT2D eigenvalue weighted by atomic mass is 16.5. The van der Waals surface area contributed by atoms with E-state index in [9.17, 15) is 4.79 Å². The molecule has 0 aliphatic carbocycles. The number of nitrogens with zero attached hydrogens (tertiary/aromatic N) is 1. The Hall–Kier alpha value is -2.54. The number of hydrogen-bond acceptors (Lipinski definition) is 4. The van der Waals surface area contributed by atoms with Crippen LogP contribution in [0.4, 0.5) is 0 Å². The number of nitriles is 1. The van der Waals surface area contributed by atoms with Crippen LogP contribution in [0.3, 0.4) is 0 Å². The van der Waals surface area contributed by atoms with E-state index >= 15 is 0 Å². The molecule has 0 unspecified atom stereocenters. The molecule has 0 radical (unpaired) electrons. The molecule has 0 atom stereocenters. The van der Waals surface area contributed by atoms with E-state index in [2.05, 4.69) is 0 Å². The van der Waals surface area contributed by atoms with Gasteiger partial charge in [-0.15, -0.1) is 0 Å². The van der Waals surface area contributed by atoms with Crippen molar-refractivity contribution in [3.05, 3.63) is 35.6 Å². The number of fused-ring (bicyclic) bond motifs is 1. The fourth-order valence-electron chi connectivity index (χ4n) is 1.90. The van der Waals surface area contributed by atoms with E-state index < -0.39 is 0 Å². The maximum atomic E-state index is 11.9. The average molecular weight is 269 g/mol. The molecule has 0 saturated carbocycles. The van der Waals surface area contributed by atoms with Gasteiger partial charge in [0, 0.05) is 17.4 Å². The molecule has 0 amide bonds. The molecule has 2 aromatic rings. The summed E-state index contributed by atoms with van der Waals surface area (Å²) in [5, 5.41) is 9.94. The summed E-state index contributed by atoms with van der Waals surface area (Å²) in [5.74, 6) is 0.672. The zero-order valence-electron chi connectivity index (χ0n) is 11.6. The van der Waals surface area contributed by atoms with Crippen LogP contribution in [-0.2, 0) is 4.79 Å². The molecule has 4 nitrogen and oxygen atoms in total. The monoisotopic (exact) mass is 269 g/mol. The largest absolute Gasteiger partial charge is 0.493 e. The first-order valence-corrected chi connectivity index (χ1v) is 6.29. The van der Waals surface area contributed by atoms with Gasteiger partial charge in [-0.05, 0) is 12.1 Å². The van der Waals surface area contributed by atoms with Crippen molar-refractivity contribution in [2.75, 3.05) is 7.11 Å². The Morgan fingerprint density at radius 2 is 2.20 bits per heavy atom. The van der Waals surface area contributed by atoms with Crippen molar-refractivity contribution in [2.24, 2.45) is 5.92 Å². The molecule has 0 saturated heterocycles. The third-order valence-electron chi connectivity index (χ3n) is 2.94. The van der Waals surface area contributed by atoms with E-state index in [1.54, 1.807) is 33.1 Å². The van der Waals surface area contributed by atoms with Gasteiger partial charge < -0.3 is 9.15 Å². The predicted molar refractivity (Wildman–Crippen MR) is 76.2 cm³/mol. The molecule has 0 fully saturated rings. The van der Waals surface area contributed by atoms with Crippen LogP contribution < -0.4 is 4.74 Å². The van der Waals surface area contributed by atoms with Crippen molar-refractivity contribution in [1.29, 1.82) is 5.26 Å². The van der Waals surface area contributed by atoms with Crippen LogP contribution in [0, 0.1) is 17.2 Å². The van der Waals surface area contributed by atoms with Crippen LogP contribution in [0.5, 0.6) is 5.75 Å². The molecule has 20 heavy (non-hydrogen) atoms. The number of allylic oxidation sites excluding steroid dienone is 1. The zero-order valence-corrected chi connectivity index (χ0v) is 11.6. The summed E-state index contributed by atoms with van der Waals surface area (Å²) in [6, 6.07) is 9.24. The molecule has 0 aliphatic heterocycles. The lowest BCUT2D eigenvalue weighted by molar-refractivity contribution is -0.117. The maximum Gasteiger partial charge on any atom is 0.176 e. The summed E-state index contributed by atoms with van der Waals surface area (Å²) in [7, 11) is 1.57. The van der Waals surface area contributed by atoms with Crippen LogP contribution in [-0.4, -0.2) is 12.9 Å². The first kappa shape index (κ1) is 13.9. The van der Waals surface area contributed by atoms with Gasteiger partial charge in [-0.25, -0.2) is 0 Å². The van der Waals surface area contributed by atoms with E-state index in [0.717, 1.165) is 5.39 Å². The third kappa shape index (κ3) is 2.57. The van der Waals surface area contributed by atoms with Gasteiger partial charge in [0.05, 0.1) is 12.7 Å². The molecule has 0 bridgehead atoms. The number of carbonyl (C=O) groups is 1. The first-order chi connectivity index (χ1) is 9.56. The minimum atomic E-state index is -0.222. The van der Waals surface area contributed by atoms with Crippen LogP contribution >= 0.6 is 0 Å². The number of ketones is 1. The lowest BCUT2D eigenvalue weighted by Gasteiger charge is -2.00. The molecule has 1 aromatic heterocycles. The van der Waals surface area contributed by atoms with Crippen molar-refractivity contribution in [3.8, 4) is 11.8 Å². The summed E-state index contributed by atoms with van der Waals surface area (Å²) in [5.41, 5.74) is 0.702. The second kappa shape index (κ2) is 5.62. The SMILES string of the molecule is COc1cccc2cc(/C=C(\C#N)C(=O)C(C)C)oc12. The van der Waals surface area contributed by atoms with Crippen LogP contribution in [0.15, 0.2) is 34.3 Å². The van der Waals surface area contributed by atoms with Crippen LogP contribution in [0.1, 0.15) is 19.6 Å². The van der Waals surface area contributed by atoms with Gasteiger partial charge in [-0.1, -0.05) is 26.0 Å². The Labute approximate surface area is 117 Å². The number of methoxy groups -OCH3 is 1. The first-order valence-electron chi connectivity index (χ1n) is 6.29. The fourth-order valence-corrected chi connectivity index (χ4v) is 1.90. The minimum absolute atomic E-state index is 0.0954. The Balaban J connectivity index is 2.49. The van der Waals surface area contributed by atoms with Gasteiger partial charge in [-0.3, -0.25) is 4.79 Å². The standard InChI is InChI=1S/C16H15NO3/c1-10(2)15(18)12(9-17)8-13-7-11-5-4-6-14(19-3)16(11)20-13/h4-8,10H,1-3H3/b12-8+. The number of para-hydroxylation sites is 1. The van der Waals surface area contributed by atoms with Crippen molar-refractivity contribution in [2.45, 2.75) is 13.8 Å². The quantitative estimate of drug-likeness (QED) is 0.628. The van der Waals surface area contributed by atoms with Crippen molar-refractivity contribution in [3.63, 3.8) is 0 Å². The molecule has 4 heteroatoms. The second-order valence-corrected chi connectivity index (χ2v) is 4.72. The molecule has 0 aliphatic rings. The topological polar surface area (TPSA) is 63.2 Å². The number of hydrogen-bond donors (Lipinski definition) is 0. The Morgan fingerprint density at radius 3 is 2.80 bits per heavy atom. The molecule has 102 valence electrons. The highest BCUT2D eigenvalue weighted by molar-refractivity contribution is 6.04. The Morgan fingerprint density at radius 1 is 1.45 bits per heavy atom. The highest BCUT2D eigenvalue weighted by Gasteiger charge is 2.15. The van der Waals surface area contributed by atoms with E-state index in [1.165, 1.54) is 6.08 Å². The van der Waals surface area contributed by atoms with Crippen LogP contribution in [0.25, 0.3) is 17.0 Å². The Kier molecular flexibility index (Phi) is 3.90. The minimum Gasteiger partial charge on any atom is -0.493 e. The number of furan rings is 1. The lowest BCUT2D eigenvalue weighted by Crippen LogP contribution is -2.08. The molecule has 2 rings (SSSR count). The van der Waals surface area contributed by atoms with E-state index in [-0.39, 0.29) is 17.3 Å². The normalized spacial score (nSPS) is 11.7.